The third-order valence-electron chi connectivity index (χ3n) is 5.32. The SMILES string of the molecule is Cl.NCC1CCCC1NC(=O)C(c1ccccc1)N1CCCCC1=O. The van der Waals surface area contributed by atoms with Crippen LogP contribution in [-0.2, 0) is 9.59 Å². The number of halogens is 1. The second-order valence-electron chi connectivity index (χ2n) is 6.90. The summed E-state index contributed by atoms with van der Waals surface area (Å²) < 4.78 is 0. The zero-order chi connectivity index (χ0) is 16.9. The fourth-order valence-electron chi connectivity index (χ4n) is 3.98. The van der Waals surface area contributed by atoms with Crippen LogP contribution in [0.1, 0.15) is 50.1 Å². The molecule has 2 amide bonds. The zero-order valence-electron chi connectivity index (χ0n) is 14.5. The van der Waals surface area contributed by atoms with E-state index in [1.165, 1.54) is 0 Å². The second kappa shape index (κ2) is 9.20. The topological polar surface area (TPSA) is 75.4 Å². The molecule has 5 nitrogen and oxygen atoms in total. The van der Waals surface area contributed by atoms with Crippen LogP contribution < -0.4 is 11.1 Å². The molecular weight excluding hydrogens is 338 g/mol. The van der Waals surface area contributed by atoms with Gasteiger partial charge in [-0.15, -0.1) is 12.4 Å². The average molecular weight is 366 g/mol. The van der Waals surface area contributed by atoms with E-state index >= 15 is 0 Å². The van der Waals surface area contributed by atoms with Gasteiger partial charge in [0.05, 0.1) is 0 Å². The highest BCUT2D eigenvalue weighted by molar-refractivity contribution is 5.89. The molecule has 25 heavy (non-hydrogen) atoms. The number of nitrogens with one attached hydrogen (secondary N) is 1. The summed E-state index contributed by atoms with van der Waals surface area (Å²) in [4.78, 5) is 27.2. The van der Waals surface area contributed by atoms with Gasteiger partial charge in [-0.3, -0.25) is 9.59 Å². The van der Waals surface area contributed by atoms with Gasteiger partial charge in [-0.05, 0) is 43.7 Å². The minimum atomic E-state index is -0.530. The smallest absolute Gasteiger partial charge is 0.247 e. The molecule has 0 radical (unpaired) electrons. The fraction of sp³-hybridized carbons (Fsp3) is 0.579. The first-order valence-corrected chi connectivity index (χ1v) is 9.05. The number of piperidine rings is 1. The van der Waals surface area contributed by atoms with Crippen LogP contribution in [0.4, 0.5) is 0 Å². The van der Waals surface area contributed by atoms with Crippen LogP contribution in [0.2, 0.25) is 0 Å². The molecule has 1 aliphatic carbocycles. The van der Waals surface area contributed by atoms with Crippen molar-refractivity contribution in [2.45, 2.75) is 50.6 Å². The van der Waals surface area contributed by atoms with E-state index in [-0.39, 0.29) is 30.3 Å². The Balaban J connectivity index is 0.00000225. The monoisotopic (exact) mass is 365 g/mol. The second-order valence-corrected chi connectivity index (χ2v) is 6.90. The molecule has 1 aromatic rings. The average Bonchev–Trinajstić information content (AvgIpc) is 3.05. The van der Waals surface area contributed by atoms with Crippen LogP contribution in [0.15, 0.2) is 30.3 Å². The van der Waals surface area contributed by atoms with Crippen molar-refractivity contribution in [3.63, 3.8) is 0 Å². The van der Waals surface area contributed by atoms with Gasteiger partial charge in [0, 0.05) is 19.0 Å². The summed E-state index contributed by atoms with van der Waals surface area (Å²) >= 11 is 0. The van der Waals surface area contributed by atoms with E-state index in [9.17, 15) is 9.59 Å². The molecule has 1 saturated heterocycles. The first-order valence-electron chi connectivity index (χ1n) is 9.05. The van der Waals surface area contributed by atoms with E-state index in [0.29, 0.717) is 25.4 Å². The Morgan fingerprint density at radius 3 is 2.64 bits per heavy atom. The molecule has 3 atom stereocenters. The molecule has 1 aromatic carbocycles. The lowest BCUT2D eigenvalue weighted by Crippen LogP contribution is -2.49. The molecule has 2 fully saturated rings. The number of amides is 2. The van der Waals surface area contributed by atoms with E-state index in [1.54, 1.807) is 4.90 Å². The van der Waals surface area contributed by atoms with Crippen LogP contribution in [0.25, 0.3) is 0 Å². The van der Waals surface area contributed by atoms with Gasteiger partial charge in [0.25, 0.3) is 0 Å². The van der Waals surface area contributed by atoms with Crippen molar-refractivity contribution < 1.29 is 9.59 Å². The van der Waals surface area contributed by atoms with E-state index in [1.807, 2.05) is 30.3 Å². The lowest BCUT2D eigenvalue weighted by Gasteiger charge is -2.35. The summed E-state index contributed by atoms with van der Waals surface area (Å²) in [5, 5.41) is 3.18. The molecule has 0 spiro atoms. The summed E-state index contributed by atoms with van der Waals surface area (Å²) in [6.07, 6.45) is 5.55. The van der Waals surface area contributed by atoms with Gasteiger partial charge in [-0.2, -0.15) is 0 Å². The van der Waals surface area contributed by atoms with Gasteiger partial charge in [0.15, 0.2) is 0 Å². The number of nitrogens with zero attached hydrogens (tertiary/aromatic N) is 1. The summed E-state index contributed by atoms with van der Waals surface area (Å²) in [5.74, 6) is 0.358. The van der Waals surface area contributed by atoms with E-state index < -0.39 is 6.04 Å². The summed E-state index contributed by atoms with van der Waals surface area (Å²) in [6.45, 7) is 1.25. The molecule has 2 aliphatic rings. The van der Waals surface area contributed by atoms with Gasteiger partial charge in [0.2, 0.25) is 11.8 Å². The van der Waals surface area contributed by atoms with Crippen molar-refractivity contribution >= 4 is 24.2 Å². The lowest BCUT2D eigenvalue weighted by atomic mass is 9.98. The summed E-state index contributed by atoms with van der Waals surface area (Å²) in [6, 6.07) is 9.23. The first-order chi connectivity index (χ1) is 11.7. The number of carbonyl (C=O) groups excluding carboxylic acids is 2. The van der Waals surface area contributed by atoms with E-state index in [0.717, 1.165) is 37.7 Å². The predicted molar refractivity (Wildman–Crippen MR) is 100 cm³/mol. The largest absolute Gasteiger partial charge is 0.351 e. The third kappa shape index (κ3) is 4.53. The highest BCUT2D eigenvalue weighted by Gasteiger charge is 2.35. The van der Waals surface area contributed by atoms with Crippen molar-refractivity contribution in [2.24, 2.45) is 11.7 Å². The molecule has 6 heteroatoms. The Labute approximate surface area is 155 Å². The van der Waals surface area contributed by atoms with Gasteiger partial charge >= 0.3 is 0 Å². The number of carbonyl (C=O) groups is 2. The Hall–Kier alpha value is -1.59. The number of rotatable bonds is 5. The Morgan fingerprint density at radius 2 is 1.96 bits per heavy atom. The summed E-state index contributed by atoms with van der Waals surface area (Å²) in [7, 11) is 0. The minimum absolute atomic E-state index is 0. The molecule has 1 heterocycles. The lowest BCUT2D eigenvalue weighted by molar-refractivity contribution is -0.143. The van der Waals surface area contributed by atoms with Crippen molar-refractivity contribution in [1.29, 1.82) is 0 Å². The van der Waals surface area contributed by atoms with Crippen LogP contribution in [-0.4, -0.2) is 35.8 Å². The molecule has 1 saturated carbocycles. The molecule has 3 N–H and O–H groups in total. The van der Waals surface area contributed by atoms with Gasteiger partial charge in [-0.25, -0.2) is 0 Å². The maximum atomic E-state index is 13.1. The van der Waals surface area contributed by atoms with E-state index in [4.69, 9.17) is 5.73 Å². The number of hydrogen-bond donors (Lipinski definition) is 2. The molecule has 3 unspecified atom stereocenters. The highest BCUT2D eigenvalue weighted by atomic mass is 35.5. The van der Waals surface area contributed by atoms with Gasteiger partial charge in [-0.1, -0.05) is 36.8 Å². The quantitative estimate of drug-likeness (QED) is 0.841. The first kappa shape index (κ1) is 19.7. The Bertz CT molecular complexity index is 581. The highest BCUT2D eigenvalue weighted by Crippen LogP contribution is 2.29. The minimum Gasteiger partial charge on any atom is -0.351 e. The maximum absolute atomic E-state index is 13.1. The van der Waals surface area contributed by atoms with Crippen LogP contribution in [0, 0.1) is 5.92 Å². The summed E-state index contributed by atoms with van der Waals surface area (Å²) in [5.41, 5.74) is 6.72. The molecule has 1 aliphatic heterocycles. The van der Waals surface area contributed by atoms with Crippen molar-refractivity contribution in [2.75, 3.05) is 13.1 Å². The van der Waals surface area contributed by atoms with E-state index in [2.05, 4.69) is 5.32 Å². The van der Waals surface area contributed by atoms with Crippen LogP contribution in [0.3, 0.4) is 0 Å². The maximum Gasteiger partial charge on any atom is 0.247 e. The van der Waals surface area contributed by atoms with Crippen molar-refractivity contribution in [3.05, 3.63) is 35.9 Å². The standard InChI is InChI=1S/C19H27N3O2.ClH/c20-13-15-9-6-10-16(15)21-19(24)18(14-7-2-1-3-8-14)22-12-5-4-11-17(22)23;/h1-3,7-8,15-16,18H,4-6,9-13,20H2,(H,21,24);1H. The van der Waals surface area contributed by atoms with Crippen LogP contribution in [0.5, 0.6) is 0 Å². The number of nitrogens with two attached hydrogens (primary N) is 1. The van der Waals surface area contributed by atoms with Crippen LogP contribution >= 0.6 is 12.4 Å². The molecule has 0 bridgehead atoms. The normalized spacial score (nSPS) is 24.5. The number of benzene rings is 1. The zero-order valence-corrected chi connectivity index (χ0v) is 15.3. The predicted octanol–water partition coefficient (Wildman–Crippen LogP) is 2.41. The van der Waals surface area contributed by atoms with Gasteiger partial charge < -0.3 is 16.0 Å². The molecule has 3 rings (SSSR count). The van der Waals surface area contributed by atoms with Crippen molar-refractivity contribution in [1.82, 2.24) is 10.2 Å². The van der Waals surface area contributed by atoms with Crippen molar-refractivity contribution in [3.8, 4) is 0 Å². The van der Waals surface area contributed by atoms with Gasteiger partial charge in [0.1, 0.15) is 6.04 Å². The fourth-order valence-corrected chi connectivity index (χ4v) is 3.98. The Morgan fingerprint density at radius 1 is 1.20 bits per heavy atom. The third-order valence-corrected chi connectivity index (χ3v) is 5.32. The molecule has 138 valence electrons. The number of likely N-dealkylation sites (tertiary alicyclic amines) is 1. The molecular formula is C19H28ClN3O2. The number of hydrogen-bond acceptors (Lipinski definition) is 3. The molecule has 0 aromatic heterocycles. The Kier molecular flexibility index (Phi) is 7.26.